The third-order valence-corrected chi connectivity index (χ3v) is 3.81. The number of aromatic hydroxyl groups is 1. The monoisotopic (exact) mass is 260 g/mol. The van der Waals surface area contributed by atoms with Gasteiger partial charge in [0.15, 0.2) is 0 Å². The SMILES string of the molecule is BC(CCC)(C(N)=O)N1Cc2c(O)cccc2C1=O. The van der Waals surface area contributed by atoms with E-state index in [0.717, 1.165) is 6.42 Å². The molecule has 2 amide bonds. The van der Waals surface area contributed by atoms with Crippen molar-refractivity contribution in [2.75, 3.05) is 0 Å². The molecule has 1 aromatic rings. The van der Waals surface area contributed by atoms with Crippen molar-refractivity contribution in [1.29, 1.82) is 0 Å². The van der Waals surface area contributed by atoms with Crippen molar-refractivity contribution in [1.82, 2.24) is 4.90 Å². The normalized spacial score (nSPS) is 17.1. The zero-order valence-electron chi connectivity index (χ0n) is 11.1. The second-order valence-electron chi connectivity index (χ2n) is 5.08. The number of benzene rings is 1. The maximum atomic E-state index is 12.4. The van der Waals surface area contributed by atoms with Crippen LogP contribution in [-0.2, 0) is 11.3 Å². The van der Waals surface area contributed by atoms with E-state index in [1.807, 2.05) is 6.92 Å². The van der Waals surface area contributed by atoms with Crippen LogP contribution in [0.3, 0.4) is 0 Å². The van der Waals surface area contributed by atoms with Crippen molar-refractivity contribution in [2.24, 2.45) is 5.73 Å². The molecule has 1 atom stereocenters. The molecule has 0 fully saturated rings. The molecule has 1 aliphatic heterocycles. The van der Waals surface area contributed by atoms with Crippen molar-refractivity contribution in [3.05, 3.63) is 29.3 Å². The molecule has 0 saturated carbocycles. The van der Waals surface area contributed by atoms with Crippen LogP contribution in [0.4, 0.5) is 0 Å². The van der Waals surface area contributed by atoms with E-state index in [9.17, 15) is 14.7 Å². The average molecular weight is 260 g/mol. The molecule has 6 heteroatoms. The van der Waals surface area contributed by atoms with Gasteiger partial charge in [-0.15, -0.1) is 0 Å². The van der Waals surface area contributed by atoms with Gasteiger partial charge in [-0.2, -0.15) is 0 Å². The van der Waals surface area contributed by atoms with Crippen LogP contribution in [0.25, 0.3) is 0 Å². The van der Waals surface area contributed by atoms with Gasteiger partial charge in [0, 0.05) is 11.1 Å². The Bertz CT molecular complexity index is 547. The van der Waals surface area contributed by atoms with Crippen LogP contribution in [0.2, 0.25) is 0 Å². The van der Waals surface area contributed by atoms with Crippen molar-refractivity contribution in [2.45, 2.75) is 31.7 Å². The standard InChI is InChI=1S/C13H17BN2O3/c1-2-6-13(14,12(15)19)16-7-9-8(11(16)18)4-3-5-10(9)17/h3-5,17H,2,6-7,14H2,1H3,(H2,15,19). The Morgan fingerprint density at radius 3 is 2.79 bits per heavy atom. The summed E-state index contributed by atoms with van der Waals surface area (Å²) >= 11 is 0. The highest BCUT2D eigenvalue weighted by atomic mass is 16.3. The van der Waals surface area contributed by atoms with Crippen LogP contribution in [0.1, 0.15) is 35.7 Å². The molecule has 0 aliphatic carbocycles. The van der Waals surface area contributed by atoms with Gasteiger partial charge in [-0.1, -0.05) is 19.4 Å². The summed E-state index contributed by atoms with van der Waals surface area (Å²) < 4.78 is 0. The number of rotatable bonds is 4. The minimum absolute atomic E-state index is 0.0802. The number of hydrogen-bond acceptors (Lipinski definition) is 3. The van der Waals surface area contributed by atoms with Crippen LogP contribution in [0.15, 0.2) is 18.2 Å². The number of nitrogens with zero attached hydrogens (tertiary/aromatic N) is 1. The third kappa shape index (κ3) is 1.97. The first kappa shape index (κ1) is 13.5. The lowest BCUT2D eigenvalue weighted by molar-refractivity contribution is -0.124. The quantitative estimate of drug-likeness (QED) is 0.745. The Kier molecular flexibility index (Phi) is 3.26. The average Bonchev–Trinajstić information content (AvgIpc) is 2.69. The van der Waals surface area contributed by atoms with E-state index < -0.39 is 11.3 Å². The van der Waals surface area contributed by atoms with Gasteiger partial charge in [0.05, 0.1) is 12.0 Å². The fourth-order valence-corrected chi connectivity index (χ4v) is 2.59. The largest absolute Gasteiger partial charge is 0.508 e. The van der Waals surface area contributed by atoms with E-state index in [1.54, 1.807) is 20.0 Å². The van der Waals surface area contributed by atoms with E-state index >= 15 is 0 Å². The number of carbonyl (C=O) groups excluding carboxylic acids is 2. The molecule has 0 bridgehead atoms. The summed E-state index contributed by atoms with van der Waals surface area (Å²) in [5, 5.41) is 9.81. The topological polar surface area (TPSA) is 83.6 Å². The third-order valence-electron chi connectivity index (χ3n) is 3.81. The Labute approximate surface area is 112 Å². The van der Waals surface area contributed by atoms with Crippen molar-refractivity contribution in [3.8, 4) is 5.75 Å². The molecular weight excluding hydrogens is 243 g/mol. The number of carbonyl (C=O) groups is 2. The van der Waals surface area contributed by atoms with Crippen LogP contribution in [0.5, 0.6) is 5.75 Å². The zero-order valence-corrected chi connectivity index (χ0v) is 11.1. The summed E-state index contributed by atoms with van der Waals surface area (Å²) in [4.78, 5) is 25.6. The fourth-order valence-electron chi connectivity index (χ4n) is 2.59. The Hall–Kier alpha value is -1.98. The molecule has 1 aliphatic rings. The Balaban J connectivity index is 2.43. The minimum Gasteiger partial charge on any atom is -0.508 e. The molecule has 1 unspecified atom stereocenters. The molecule has 3 N–H and O–H groups in total. The summed E-state index contributed by atoms with van der Waals surface area (Å²) in [6.45, 7) is 2.16. The lowest BCUT2D eigenvalue weighted by atomic mass is 9.72. The lowest BCUT2D eigenvalue weighted by Crippen LogP contribution is -2.58. The van der Waals surface area contributed by atoms with Crippen molar-refractivity contribution in [3.63, 3.8) is 0 Å². The number of primary amides is 1. The highest BCUT2D eigenvalue weighted by molar-refractivity contribution is 6.30. The minimum atomic E-state index is -1.02. The highest BCUT2D eigenvalue weighted by Crippen LogP contribution is 2.34. The molecule has 0 saturated heterocycles. The first-order valence-electron chi connectivity index (χ1n) is 6.34. The first-order chi connectivity index (χ1) is 8.91. The van der Waals surface area contributed by atoms with Gasteiger partial charge in [-0.3, -0.25) is 9.59 Å². The molecule has 100 valence electrons. The number of nitrogens with two attached hydrogens (primary N) is 1. The van der Waals surface area contributed by atoms with Crippen molar-refractivity contribution >= 4 is 19.7 Å². The summed E-state index contributed by atoms with van der Waals surface area (Å²) in [5.74, 6) is -0.688. The number of phenolic OH excluding ortho intramolecular Hbond substituents is 1. The Morgan fingerprint density at radius 1 is 1.58 bits per heavy atom. The van der Waals surface area contributed by atoms with Gasteiger partial charge >= 0.3 is 0 Å². The van der Waals surface area contributed by atoms with Gasteiger partial charge in [-0.05, 0) is 18.6 Å². The van der Waals surface area contributed by atoms with E-state index in [1.165, 1.54) is 11.0 Å². The molecule has 0 aromatic heterocycles. The zero-order chi connectivity index (χ0) is 14.2. The van der Waals surface area contributed by atoms with Crippen LogP contribution in [0, 0.1) is 0 Å². The van der Waals surface area contributed by atoms with Crippen LogP contribution in [-0.4, -0.2) is 35.1 Å². The molecule has 0 radical (unpaired) electrons. The lowest BCUT2D eigenvalue weighted by Gasteiger charge is -2.36. The summed E-state index contributed by atoms with van der Waals surface area (Å²) in [6.07, 6.45) is 1.24. The second kappa shape index (κ2) is 4.61. The Morgan fingerprint density at radius 2 is 2.26 bits per heavy atom. The number of fused-ring (bicyclic) bond motifs is 1. The van der Waals surface area contributed by atoms with E-state index in [0.29, 0.717) is 17.5 Å². The predicted molar refractivity (Wildman–Crippen MR) is 73.4 cm³/mol. The van der Waals surface area contributed by atoms with Gasteiger partial charge in [0.1, 0.15) is 13.6 Å². The second-order valence-corrected chi connectivity index (χ2v) is 5.08. The van der Waals surface area contributed by atoms with Gasteiger partial charge in [0.2, 0.25) is 5.91 Å². The van der Waals surface area contributed by atoms with E-state index in [-0.39, 0.29) is 18.2 Å². The smallest absolute Gasteiger partial charge is 0.254 e. The number of phenols is 1. The number of hydrogen-bond donors (Lipinski definition) is 2. The van der Waals surface area contributed by atoms with Gasteiger partial charge in [-0.25, -0.2) is 0 Å². The van der Waals surface area contributed by atoms with E-state index in [4.69, 9.17) is 5.73 Å². The van der Waals surface area contributed by atoms with Crippen molar-refractivity contribution < 1.29 is 14.7 Å². The predicted octanol–water partition coefficient (Wildman–Crippen LogP) is -0.0372. The molecular formula is C13H17BN2O3. The number of amides is 2. The first-order valence-corrected chi connectivity index (χ1v) is 6.34. The van der Waals surface area contributed by atoms with E-state index in [2.05, 4.69) is 0 Å². The molecule has 0 spiro atoms. The fraction of sp³-hybridized carbons (Fsp3) is 0.385. The molecule has 2 rings (SSSR count). The summed E-state index contributed by atoms with van der Waals surface area (Å²) in [7, 11) is 1.68. The maximum absolute atomic E-state index is 12.4. The molecule has 1 aromatic carbocycles. The summed E-state index contributed by atoms with van der Waals surface area (Å²) in [6, 6.07) is 4.82. The maximum Gasteiger partial charge on any atom is 0.254 e. The molecule has 5 nitrogen and oxygen atoms in total. The summed E-state index contributed by atoms with van der Waals surface area (Å²) in [5.41, 5.74) is 5.47. The van der Waals surface area contributed by atoms with Gasteiger partial charge < -0.3 is 15.7 Å². The highest BCUT2D eigenvalue weighted by Gasteiger charge is 2.44. The van der Waals surface area contributed by atoms with Crippen LogP contribution >= 0.6 is 0 Å². The molecule has 19 heavy (non-hydrogen) atoms. The van der Waals surface area contributed by atoms with Crippen LogP contribution < -0.4 is 5.73 Å². The van der Waals surface area contributed by atoms with Gasteiger partial charge in [0.25, 0.3) is 5.91 Å². The molecule has 1 heterocycles.